The number of carbonyl (C=O) groups excluding carboxylic acids is 2. The lowest BCUT2D eigenvalue weighted by molar-refractivity contribution is -0.149. The molecule has 2 unspecified atom stereocenters. The number of ether oxygens (including phenoxy) is 1. The molecule has 0 saturated heterocycles. The van der Waals surface area contributed by atoms with Crippen LogP contribution in [0, 0.1) is 0 Å². The predicted octanol–water partition coefficient (Wildman–Crippen LogP) is 7.74. The number of hydrogen-bond acceptors (Lipinski definition) is 4. The summed E-state index contributed by atoms with van der Waals surface area (Å²) in [6.45, 7) is 1.83. The number of aliphatic hydroxyl groups is 1. The van der Waals surface area contributed by atoms with Crippen LogP contribution in [0.3, 0.4) is 0 Å². The topological polar surface area (TPSA) is 63.6 Å². The summed E-state index contributed by atoms with van der Waals surface area (Å²) in [5.74, 6) is -1.22. The van der Waals surface area contributed by atoms with Gasteiger partial charge in [0.2, 0.25) is 5.66 Å². The van der Waals surface area contributed by atoms with E-state index in [1.165, 1.54) is 0 Å². The maximum absolute atomic E-state index is 15.2. The summed E-state index contributed by atoms with van der Waals surface area (Å²) in [7, 11) is -3.18. The molecule has 2 atom stereocenters. The van der Waals surface area contributed by atoms with Crippen LogP contribution in [0.5, 0.6) is 0 Å². The van der Waals surface area contributed by atoms with Crippen molar-refractivity contribution in [2.45, 2.75) is 23.6 Å². The van der Waals surface area contributed by atoms with Gasteiger partial charge in [-0.25, -0.2) is 4.79 Å². The van der Waals surface area contributed by atoms with Gasteiger partial charge in [0.15, 0.2) is 11.4 Å². The van der Waals surface area contributed by atoms with Crippen molar-refractivity contribution in [1.82, 2.24) is 0 Å². The highest BCUT2D eigenvalue weighted by Crippen LogP contribution is 2.64. The van der Waals surface area contributed by atoms with Gasteiger partial charge in [-0.2, -0.15) is 0 Å². The molecular formula is C47H40O4P+. The summed E-state index contributed by atoms with van der Waals surface area (Å²) in [5.41, 5.74) is -0.929. The second-order valence-electron chi connectivity index (χ2n) is 12.9. The molecule has 0 radical (unpaired) electrons. The molecule has 0 fully saturated rings. The minimum atomic E-state index is -3.18. The van der Waals surface area contributed by atoms with Gasteiger partial charge in [0.05, 0.1) is 12.0 Å². The molecule has 6 aromatic carbocycles. The molecule has 7 rings (SSSR count). The molecule has 5 heteroatoms. The Morgan fingerprint density at radius 2 is 0.962 bits per heavy atom. The van der Waals surface area contributed by atoms with Crippen molar-refractivity contribution in [2.24, 2.45) is 0 Å². The lowest BCUT2D eigenvalue weighted by atomic mass is 9.63. The predicted molar refractivity (Wildman–Crippen MR) is 212 cm³/mol. The largest absolute Gasteiger partial charge is 0.463 e. The van der Waals surface area contributed by atoms with Crippen LogP contribution >= 0.6 is 7.26 Å². The van der Waals surface area contributed by atoms with Crippen LogP contribution in [0.2, 0.25) is 0 Å². The molecule has 0 saturated carbocycles. The molecule has 0 aliphatic heterocycles. The maximum Gasteiger partial charge on any atom is 0.352 e. The zero-order valence-electron chi connectivity index (χ0n) is 29.0. The third kappa shape index (κ3) is 5.84. The smallest absolute Gasteiger partial charge is 0.352 e. The van der Waals surface area contributed by atoms with E-state index < -0.39 is 35.7 Å². The summed E-state index contributed by atoms with van der Waals surface area (Å²) >= 11 is 0. The van der Waals surface area contributed by atoms with Crippen molar-refractivity contribution < 1.29 is 19.4 Å². The van der Waals surface area contributed by atoms with Gasteiger partial charge in [-0.3, -0.25) is 4.79 Å². The monoisotopic (exact) mass is 699 g/mol. The molecule has 0 bridgehead atoms. The molecule has 0 heterocycles. The standard InChI is InChI=1S/C47H40O4P/c1-2-51-45(49)44(52(40-27-15-6-16-28-40,41-29-17-7-18-30-41)42-31-19-8-20-32-42)46(50)34-33-39(35-43(46)48)47(36-21-9-3-10-22-36,37-23-11-4-12-24-37)38-25-13-5-14-26-38/h3-35,44,50H,2H2,1H3/q+1. The summed E-state index contributed by atoms with van der Waals surface area (Å²) in [6.07, 6.45) is 4.95. The average molecular weight is 700 g/mol. The van der Waals surface area contributed by atoms with Crippen molar-refractivity contribution in [3.8, 4) is 0 Å². The second kappa shape index (κ2) is 14.9. The number of esters is 1. The van der Waals surface area contributed by atoms with Crippen LogP contribution in [0.15, 0.2) is 206 Å². The van der Waals surface area contributed by atoms with Gasteiger partial charge in [-0.05, 0) is 77.7 Å². The van der Waals surface area contributed by atoms with E-state index >= 15 is 4.79 Å². The highest BCUT2D eigenvalue weighted by Gasteiger charge is 2.67. The molecule has 1 aliphatic carbocycles. The Hall–Kier alpha value is -5.67. The Kier molecular flexibility index (Phi) is 9.96. The van der Waals surface area contributed by atoms with E-state index in [1.807, 2.05) is 152 Å². The third-order valence-corrected chi connectivity index (χ3v) is 14.8. The number of benzene rings is 6. The quantitative estimate of drug-likeness (QED) is 0.0854. The zero-order chi connectivity index (χ0) is 36.0. The Morgan fingerprint density at radius 3 is 1.29 bits per heavy atom. The van der Waals surface area contributed by atoms with Crippen LogP contribution in [0.25, 0.3) is 0 Å². The van der Waals surface area contributed by atoms with E-state index in [0.29, 0.717) is 5.57 Å². The SMILES string of the molecule is CCOC(=O)C(C1(O)C=CC(C(c2ccccc2)(c2ccccc2)c2ccccc2)=CC1=O)[P+](c1ccccc1)(c1ccccc1)c1ccccc1. The van der Waals surface area contributed by atoms with E-state index in [9.17, 15) is 9.90 Å². The fourth-order valence-corrected chi connectivity index (χ4v) is 12.8. The third-order valence-electron chi connectivity index (χ3n) is 10.1. The first kappa shape index (κ1) is 34.8. The average Bonchev–Trinajstić information content (AvgIpc) is 3.21. The van der Waals surface area contributed by atoms with Crippen molar-refractivity contribution in [2.75, 3.05) is 6.61 Å². The van der Waals surface area contributed by atoms with Crippen LogP contribution in [0.4, 0.5) is 0 Å². The molecule has 6 aromatic rings. The van der Waals surface area contributed by atoms with E-state index in [2.05, 4.69) is 36.4 Å². The summed E-state index contributed by atoms with van der Waals surface area (Å²) in [5, 5.41) is 15.7. The van der Waals surface area contributed by atoms with E-state index in [4.69, 9.17) is 4.74 Å². The molecule has 0 amide bonds. The molecule has 0 aromatic heterocycles. The Labute approximate surface area is 306 Å². The minimum absolute atomic E-state index is 0.0852. The van der Waals surface area contributed by atoms with Crippen LogP contribution in [0.1, 0.15) is 23.6 Å². The molecule has 0 spiro atoms. The van der Waals surface area contributed by atoms with Gasteiger partial charge in [0.25, 0.3) is 0 Å². The molecule has 1 N–H and O–H groups in total. The zero-order valence-corrected chi connectivity index (χ0v) is 29.9. The second-order valence-corrected chi connectivity index (χ2v) is 16.4. The van der Waals surface area contributed by atoms with Crippen LogP contribution in [-0.2, 0) is 19.7 Å². The van der Waals surface area contributed by atoms with Gasteiger partial charge in [0, 0.05) is 0 Å². The van der Waals surface area contributed by atoms with E-state index in [0.717, 1.165) is 32.6 Å². The first-order valence-electron chi connectivity index (χ1n) is 17.5. The Balaban J connectivity index is 1.51. The van der Waals surface area contributed by atoms with Crippen LogP contribution < -0.4 is 15.9 Å². The van der Waals surface area contributed by atoms with Crippen molar-refractivity contribution in [1.29, 1.82) is 0 Å². The first-order chi connectivity index (χ1) is 25.5. The van der Waals surface area contributed by atoms with E-state index in [1.54, 1.807) is 19.1 Å². The fraction of sp³-hybridized carbons (Fsp3) is 0.106. The van der Waals surface area contributed by atoms with Gasteiger partial charge in [-0.1, -0.05) is 152 Å². The first-order valence-corrected chi connectivity index (χ1v) is 19.4. The van der Waals surface area contributed by atoms with Gasteiger partial charge >= 0.3 is 5.97 Å². The summed E-state index contributed by atoms with van der Waals surface area (Å²) < 4.78 is 5.87. The molecule has 52 heavy (non-hydrogen) atoms. The number of allylic oxidation sites excluding steroid dienone is 2. The highest BCUT2D eigenvalue weighted by molar-refractivity contribution is 7.97. The summed E-state index contributed by atoms with van der Waals surface area (Å²) in [6, 6.07) is 59.7. The van der Waals surface area contributed by atoms with E-state index in [-0.39, 0.29) is 6.61 Å². The lowest BCUT2D eigenvalue weighted by Gasteiger charge is -2.42. The Bertz CT molecular complexity index is 1990. The highest BCUT2D eigenvalue weighted by atomic mass is 31.2. The van der Waals surface area contributed by atoms with Crippen molar-refractivity contribution in [3.63, 3.8) is 0 Å². The number of rotatable bonds is 11. The number of ketones is 1. The lowest BCUT2D eigenvalue weighted by Crippen LogP contribution is -2.59. The van der Waals surface area contributed by atoms with Crippen molar-refractivity contribution >= 4 is 34.9 Å². The fourth-order valence-electron chi connectivity index (χ4n) is 7.87. The van der Waals surface area contributed by atoms with Gasteiger partial charge in [0.1, 0.15) is 23.2 Å². The summed E-state index contributed by atoms with van der Waals surface area (Å²) in [4.78, 5) is 29.9. The molecular weight excluding hydrogens is 659 g/mol. The van der Waals surface area contributed by atoms with Crippen LogP contribution in [-0.4, -0.2) is 34.7 Å². The van der Waals surface area contributed by atoms with Gasteiger partial charge in [-0.15, -0.1) is 0 Å². The minimum Gasteiger partial charge on any atom is -0.463 e. The molecule has 4 nitrogen and oxygen atoms in total. The normalized spacial score (nSPS) is 16.5. The van der Waals surface area contributed by atoms with Gasteiger partial charge < -0.3 is 9.84 Å². The molecule has 1 aliphatic rings. The van der Waals surface area contributed by atoms with Crippen molar-refractivity contribution in [3.05, 3.63) is 222 Å². The number of hydrogen-bond donors (Lipinski definition) is 1. The molecule has 256 valence electrons. The Morgan fingerprint density at radius 1 is 0.615 bits per heavy atom. The maximum atomic E-state index is 15.2. The number of carbonyl (C=O) groups is 2.